The van der Waals surface area contributed by atoms with Crippen molar-refractivity contribution in [3.8, 4) is 22.5 Å². The zero-order chi connectivity index (χ0) is 23.4. The minimum absolute atomic E-state index is 0.376. The van der Waals surface area contributed by atoms with Gasteiger partial charge in [-0.2, -0.15) is 0 Å². The molecule has 1 fully saturated rings. The number of benzene rings is 3. The van der Waals surface area contributed by atoms with Crippen molar-refractivity contribution >= 4 is 23.4 Å². The van der Waals surface area contributed by atoms with Gasteiger partial charge in [0.2, 0.25) is 0 Å². The lowest BCUT2D eigenvalue weighted by molar-refractivity contribution is 0.00578. The van der Waals surface area contributed by atoms with Crippen LogP contribution in [0.1, 0.15) is 39.3 Å². The Morgan fingerprint density at radius 3 is 1.79 bits per heavy atom. The summed E-state index contributed by atoms with van der Waals surface area (Å²) in [5.41, 5.74) is 3.59. The van der Waals surface area contributed by atoms with E-state index in [0.717, 1.165) is 33.6 Å². The van der Waals surface area contributed by atoms with Crippen LogP contribution in [0, 0.1) is 13.8 Å². The standard InChI is InChI=1S/C27H28BN3O2/c1-17-29-18(2)31-25(30-17)20-13-11-19(12-14-20)21-15-16-24(23-10-8-7-9-22(21)23)28-32-26(3,4)27(5,6)33-28/h7-16H,1-6H3. The largest absolute Gasteiger partial charge is 0.495 e. The molecule has 4 aromatic rings. The quantitative estimate of drug-likeness (QED) is 0.409. The van der Waals surface area contributed by atoms with Crippen LogP contribution < -0.4 is 5.46 Å². The molecule has 1 aliphatic heterocycles. The molecule has 1 aromatic heterocycles. The van der Waals surface area contributed by atoms with E-state index in [9.17, 15) is 0 Å². The maximum Gasteiger partial charge on any atom is 0.495 e. The summed E-state index contributed by atoms with van der Waals surface area (Å²) in [6.07, 6.45) is 0. The first kappa shape index (κ1) is 21.7. The average molecular weight is 437 g/mol. The van der Waals surface area contributed by atoms with Gasteiger partial charge >= 0.3 is 7.12 Å². The Hall–Kier alpha value is -3.09. The highest BCUT2D eigenvalue weighted by atomic mass is 16.7. The molecule has 0 amide bonds. The van der Waals surface area contributed by atoms with E-state index in [-0.39, 0.29) is 11.2 Å². The molecular weight excluding hydrogens is 409 g/mol. The molecule has 0 bridgehead atoms. The van der Waals surface area contributed by atoms with Crippen LogP contribution in [-0.2, 0) is 9.31 Å². The van der Waals surface area contributed by atoms with Gasteiger partial charge in [-0.1, -0.05) is 60.7 Å². The van der Waals surface area contributed by atoms with E-state index in [1.165, 1.54) is 10.9 Å². The van der Waals surface area contributed by atoms with Crippen molar-refractivity contribution in [2.24, 2.45) is 0 Å². The molecule has 1 saturated heterocycles. The monoisotopic (exact) mass is 437 g/mol. The van der Waals surface area contributed by atoms with Gasteiger partial charge in [-0.05, 0) is 68.9 Å². The lowest BCUT2D eigenvalue weighted by Gasteiger charge is -2.32. The maximum absolute atomic E-state index is 6.35. The van der Waals surface area contributed by atoms with Gasteiger partial charge in [-0.3, -0.25) is 0 Å². The van der Waals surface area contributed by atoms with E-state index in [1.54, 1.807) is 0 Å². The van der Waals surface area contributed by atoms with Crippen molar-refractivity contribution in [3.63, 3.8) is 0 Å². The van der Waals surface area contributed by atoms with Gasteiger partial charge in [0.05, 0.1) is 11.2 Å². The predicted molar refractivity (Wildman–Crippen MR) is 133 cm³/mol. The molecule has 2 heterocycles. The number of rotatable bonds is 3. The molecule has 5 nitrogen and oxygen atoms in total. The van der Waals surface area contributed by atoms with Gasteiger partial charge in [0.1, 0.15) is 11.6 Å². The van der Waals surface area contributed by atoms with E-state index in [1.807, 2.05) is 13.8 Å². The minimum Gasteiger partial charge on any atom is -0.399 e. The van der Waals surface area contributed by atoms with E-state index in [2.05, 4.69) is 103 Å². The smallest absolute Gasteiger partial charge is 0.399 e. The minimum atomic E-state index is -0.397. The Labute approximate surface area is 195 Å². The van der Waals surface area contributed by atoms with E-state index in [4.69, 9.17) is 9.31 Å². The Balaban J connectivity index is 1.55. The van der Waals surface area contributed by atoms with Crippen LogP contribution >= 0.6 is 0 Å². The van der Waals surface area contributed by atoms with Crippen molar-refractivity contribution in [3.05, 3.63) is 72.3 Å². The third-order valence-electron chi connectivity index (χ3n) is 6.78. The third-order valence-corrected chi connectivity index (χ3v) is 6.78. The highest BCUT2D eigenvalue weighted by Crippen LogP contribution is 2.38. The normalized spacial score (nSPS) is 17.0. The number of nitrogens with zero attached hydrogens (tertiary/aromatic N) is 3. The van der Waals surface area contributed by atoms with Crippen LogP contribution in [0.15, 0.2) is 60.7 Å². The Bertz CT molecular complexity index is 1310. The fourth-order valence-corrected chi connectivity index (χ4v) is 4.29. The van der Waals surface area contributed by atoms with Crippen LogP contribution in [0.2, 0.25) is 0 Å². The van der Waals surface area contributed by atoms with E-state index in [0.29, 0.717) is 5.82 Å². The molecule has 33 heavy (non-hydrogen) atoms. The van der Waals surface area contributed by atoms with E-state index < -0.39 is 7.12 Å². The predicted octanol–water partition coefficient (Wildman–Crippen LogP) is 5.27. The molecule has 166 valence electrons. The van der Waals surface area contributed by atoms with E-state index >= 15 is 0 Å². The Morgan fingerprint density at radius 2 is 1.18 bits per heavy atom. The van der Waals surface area contributed by atoms with Crippen molar-refractivity contribution in [2.45, 2.75) is 52.7 Å². The first-order valence-corrected chi connectivity index (χ1v) is 11.3. The summed E-state index contributed by atoms with van der Waals surface area (Å²) < 4.78 is 12.7. The molecular formula is C27H28BN3O2. The molecule has 0 atom stereocenters. The van der Waals surface area contributed by atoms with Crippen LogP contribution in [0.5, 0.6) is 0 Å². The summed E-state index contributed by atoms with van der Waals surface area (Å²) in [5.74, 6) is 2.16. The molecule has 0 radical (unpaired) electrons. The zero-order valence-corrected chi connectivity index (χ0v) is 20.0. The van der Waals surface area contributed by atoms with Crippen LogP contribution in [0.25, 0.3) is 33.3 Å². The molecule has 1 aliphatic rings. The van der Waals surface area contributed by atoms with Crippen molar-refractivity contribution in [1.29, 1.82) is 0 Å². The summed E-state index contributed by atoms with van der Waals surface area (Å²) in [5, 5.41) is 2.31. The van der Waals surface area contributed by atoms with Crippen molar-refractivity contribution < 1.29 is 9.31 Å². The molecule has 0 unspecified atom stereocenters. The Kier molecular flexibility index (Phi) is 5.11. The van der Waals surface area contributed by atoms with Crippen LogP contribution in [0.3, 0.4) is 0 Å². The summed E-state index contributed by atoms with van der Waals surface area (Å²) in [7, 11) is -0.397. The molecule has 0 saturated carbocycles. The van der Waals surface area contributed by atoms with Crippen molar-refractivity contribution in [2.75, 3.05) is 0 Å². The highest BCUT2D eigenvalue weighted by molar-refractivity contribution is 6.65. The number of hydrogen-bond donors (Lipinski definition) is 0. The summed E-state index contributed by atoms with van der Waals surface area (Å²) in [6, 6.07) is 21.1. The summed E-state index contributed by atoms with van der Waals surface area (Å²) >= 11 is 0. The molecule has 0 N–H and O–H groups in total. The van der Waals surface area contributed by atoms with Gasteiger partial charge in [0.15, 0.2) is 5.82 Å². The van der Waals surface area contributed by atoms with Gasteiger partial charge in [0.25, 0.3) is 0 Å². The number of hydrogen-bond acceptors (Lipinski definition) is 5. The SMILES string of the molecule is Cc1nc(C)nc(-c2ccc(-c3ccc(B4OC(C)(C)C(C)(C)O4)c4ccccc34)cc2)n1. The average Bonchev–Trinajstić information content (AvgIpc) is 2.99. The molecule has 6 heteroatoms. The third kappa shape index (κ3) is 3.83. The molecule has 0 aliphatic carbocycles. The number of aryl methyl sites for hydroxylation is 2. The lowest BCUT2D eigenvalue weighted by Crippen LogP contribution is -2.41. The summed E-state index contributed by atoms with van der Waals surface area (Å²) in [6.45, 7) is 12.1. The maximum atomic E-state index is 6.35. The molecule has 5 rings (SSSR count). The second-order valence-electron chi connectivity index (χ2n) is 9.67. The second-order valence-corrected chi connectivity index (χ2v) is 9.67. The van der Waals surface area contributed by atoms with Gasteiger partial charge in [0, 0.05) is 5.56 Å². The zero-order valence-electron chi connectivity index (χ0n) is 20.0. The first-order valence-electron chi connectivity index (χ1n) is 11.3. The second kappa shape index (κ2) is 7.75. The van der Waals surface area contributed by atoms with Gasteiger partial charge in [-0.25, -0.2) is 15.0 Å². The fraction of sp³-hybridized carbons (Fsp3) is 0.296. The van der Waals surface area contributed by atoms with Crippen molar-refractivity contribution in [1.82, 2.24) is 15.0 Å². The number of fused-ring (bicyclic) bond motifs is 1. The number of aromatic nitrogens is 3. The molecule has 0 spiro atoms. The molecule has 3 aromatic carbocycles. The fourth-order valence-electron chi connectivity index (χ4n) is 4.29. The summed E-state index contributed by atoms with van der Waals surface area (Å²) in [4.78, 5) is 13.2. The van der Waals surface area contributed by atoms with Crippen LogP contribution in [0.4, 0.5) is 0 Å². The first-order chi connectivity index (χ1) is 15.6. The highest BCUT2D eigenvalue weighted by Gasteiger charge is 2.52. The topological polar surface area (TPSA) is 57.1 Å². The lowest BCUT2D eigenvalue weighted by atomic mass is 9.75. The van der Waals surface area contributed by atoms with Gasteiger partial charge in [-0.15, -0.1) is 0 Å². The Morgan fingerprint density at radius 1 is 0.636 bits per heavy atom. The van der Waals surface area contributed by atoms with Gasteiger partial charge < -0.3 is 9.31 Å². The van der Waals surface area contributed by atoms with Crippen LogP contribution in [-0.4, -0.2) is 33.3 Å².